The van der Waals surface area contributed by atoms with Crippen LogP contribution in [0.15, 0.2) is 42.6 Å². The number of carbonyl (C=O) groups is 1. The second-order valence-corrected chi connectivity index (χ2v) is 10.2. The average molecular weight is 494 g/mol. The van der Waals surface area contributed by atoms with Crippen LogP contribution in [0.5, 0.6) is 0 Å². The number of pyridine rings is 1. The molecule has 3 heterocycles. The summed E-state index contributed by atoms with van der Waals surface area (Å²) in [5, 5.41) is 22.3. The number of fused-ring (bicyclic) bond motifs is 1. The maximum Gasteiger partial charge on any atom is 0.253 e. The Morgan fingerprint density at radius 2 is 1.97 bits per heavy atom. The fourth-order valence-corrected chi connectivity index (χ4v) is 5.43. The summed E-state index contributed by atoms with van der Waals surface area (Å²) in [4.78, 5) is 18.8. The van der Waals surface area contributed by atoms with Gasteiger partial charge < -0.3 is 15.3 Å². The lowest BCUT2D eigenvalue weighted by Crippen LogP contribution is -2.35. The highest BCUT2D eigenvalue weighted by molar-refractivity contribution is 6.29. The van der Waals surface area contributed by atoms with Gasteiger partial charge in [0.15, 0.2) is 0 Å². The lowest BCUT2D eigenvalue weighted by atomic mass is 9.96. The minimum Gasteiger partial charge on any atom is -0.387 e. The molecule has 1 aromatic carbocycles. The zero-order chi connectivity index (χ0) is 24.4. The summed E-state index contributed by atoms with van der Waals surface area (Å²) in [6.45, 7) is 0.519. The first-order valence-corrected chi connectivity index (χ1v) is 12.8. The van der Waals surface area contributed by atoms with Gasteiger partial charge in [-0.25, -0.2) is 4.98 Å². The van der Waals surface area contributed by atoms with E-state index in [0.29, 0.717) is 17.3 Å². The molecule has 1 aliphatic heterocycles. The van der Waals surface area contributed by atoms with Gasteiger partial charge in [0, 0.05) is 42.1 Å². The van der Waals surface area contributed by atoms with Gasteiger partial charge in [-0.15, -0.1) is 0 Å². The van der Waals surface area contributed by atoms with Crippen molar-refractivity contribution >= 4 is 17.5 Å². The maximum absolute atomic E-state index is 13.0. The van der Waals surface area contributed by atoms with Crippen molar-refractivity contribution in [3.8, 4) is 0 Å². The topological polar surface area (TPSA) is 94.1 Å². The minimum atomic E-state index is -0.611. The smallest absolute Gasteiger partial charge is 0.253 e. The van der Waals surface area contributed by atoms with Crippen LogP contribution in [-0.4, -0.2) is 50.2 Å². The van der Waals surface area contributed by atoms with E-state index >= 15 is 0 Å². The van der Waals surface area contributed by atoms with Crippen LogP contribution < -0.4 is 5.32 Å². The van der Waals surface area contributed by atoms with Crippen molar-refractivity contribution in [2.24, 2.45) is 0 Å². The zero-order valence-corrected chi connectivity index (χ0v) is 20.8. The molecule has 1 fully saturated rings. The van der Waals surface area contributed by atoms with Crippen LogP contribution >= 0.6 is 11.6 Å². The molecule has 35 heavy (non-hydrogen) atoms. The number of aliphatic hydroxyl groups is 1. The second kappa shape index (κ2) is 10.5. The second-order valence-electron chi connectivity index (χ2n) is 9.80. The van der Waals surface area contributed by atoms with Crippen molar-refractivity contribution in [1.82, 2.24) is 25.4 Å². The Balaban J connectivity index is 1.15. The van der Waals surface area contributed by atoms with E-state index in [1.165, 1.54) is 29.7 Å². The van der Waals surface area contributed by atoms with Gasteiger partial charge in [0.05, 0.1) is 18.3 Å². The summed E-state index contributed by atoms with van der Waals surface area (Å²) >= 11 is 5.86. The molecular weight excluding hydrogens is 462 g/mol. The predicted molar refractivity (Wildman–Crippen MR) is 135 cm³/mol. The third-order valence-electron chi connectivity index (χ3n) is 7.31. The molecule has 5 rings (SSSR count). The molecule has 1 aliphatic carbocycles. The molecule has 2 aliphatic rings. The van der Waals surface area contributed by atoms with E-state index in [4.69, 9.17) is 11.6 Å². The summed E-state index contributed by atoms with van der Waals surface area (Å²) in [5.74, 6) is 0.00265. The van der Waals surface area contributed by atoms with Crippen molar-refractivity contribution in [3.63, 3.8) is 0 Å². The van der Waals surface area contributed by atoms with Gasteiger partial charge in [-0.1, -0.05) is 29.8 Å². The van der Waals surface area contributed by atoms with E-state index in [2.05, 4.69) is 20.5 Å². The first kappa shape index (κ1) is 24.0. The van der Waals surface area contributed by atoms with Crippen LogP contribution in [0.1, 0.15) is 70.2 Å². The van der Waals surface area contributed by atoms with Crippen LogP contribution in [0.4, 0.5) is 0 Å². The summed E-state index contributed by atoms with van der Waals surface area (Å²) in [7, 11) is 1.84. The number of hydrogen-bond acceptors (Lipinski definition) is 5. The van der Waals surface area contributed by atoms with E-state index in [0.717, 1.165) is 43.4 Å². The lowest BCUT2D eigenvalue weighted by molar-refractivity contribution is 0.0783. The summed E-state index contributed by atoms with van der Waals surface area (Å²) in [6, 6.07) is 11.7. The van der Waals surface area contributed by atoms with E-state index in [1.54, 1.807) is 17.2 Å². The SMILES string of the molecule is CN(Cc1n[nH]c2c1CCCC2)C(=O)c1ccc(C[C@@H]2CC[C@H]([C@H](O)c3ccc(Cl)nc3)N2)cc1. The van der Waals surface area contributed by atoms with Crippen molar-refractivity contribution < 1.29 is 9.90 Å². The number of aliphatic hydroxyl groups excluding tert-OH is 1. The predicted octanol–water partition coefficient (Wildman–Crippen LogP) is 4.01. The molecular formula is C27H32ClN5O2. The molecule has 0 radical (unpaired) electrons. The highest BCUT2D eigenvalue weighted by atomic mass is 35.5. The van der Waals surface area contributed by atoms with Crippen LogP contribution in [0.3, 0.4) is 0 Å². The Hall–Kier alpha value is -2.74. The Kier molecular flexibility index (Phi) is 7.18. The van der Waals surface area contributed by atoms with Crippen molar-refractivity contribution in [2.75, 3.05) is 7.05 Å². The van der Waals surface area contributed by atoms with Gasteiger partial charge in [0.1, 0.15) is 5.15 Å². The molecule has 3 aromatic rings. The van der Waals surface area contributed by atoms with E-state index in [-0.39, 0.29) is 18.0 Å². The molecule has 3 N–H and O–H groups in total. The number of carbonyl (C=O) groups excluding carboxylic acids is 1. The first-order valence-electron chi connectivity index (χ1n) is 12.4. The number of nitrogens with one attached hydrogen (secondary N) is 2. The van der Waals surface area contributed by atoms with Gasteiger partial charge in [-0.05, 0) is 74.3 Å². The molecule has 0 bridgehead atoms. The largest absolute Gasteiger partial charge is 0.387 e. The maximum atomic E-state index is 13.0. The van der Waals surface area contributed by atoms with Crippen molar-refractivity contribution in [3.05, 3.63) is 81.4 Å². The third kappa shape index (κ3) is 5.42. The number of aromatic amines is 1. The number of rotatable bonds is 7. The van der Waals surface area contributed by atoms with E-state index in [9.17, 15) is 9.90 Å². The zero-order valence-electron chi connectivity index (χ0n) is 20.0. The Labute approximate surface area is 210 Å². The third-order valence-corrected chi connectivity index (χ3v) is 7.53. The van der Waals surface area contributed by atoms with Crippen LogP contribution in [0.25, 0.3) is 0 Å². The number of benzene rings is 1. The number of amides is 1. The van der Waals surface area contributed by atoms with Gasteiger partial charge in [-0.3, -0.25) is 9.89 Å². The highest BCUT2D eigenvalue weighted by Gasteiger charge is 2.30. The van der Waals surface area contributed by atoms with Crippen LogP contribution in [-0.2, 0) is 25.8 Å². The first-order chi connectivity index (χ1) is 17.0. The minimum absolute atomic E-state index is 0.00265. The standard InChI is InChI=1S/C27H32ClN5O2/c1-33(16-24-21-4-2-3-5-22(21)31-32-24)27(35)18-8-6-17(7-9-18)14-20-11-12-23(30-20)26(34)19-10-13-25(28)29-15-19/h6-10,13,15,20,23,26,30,34H,2-5,11-12,14,16H2,1H3,(H,31,32)/t20-,23+,26+/m0/s1. The molecule has 0 unspecified atom stereocenters. The molecule has 0 saturated carbocycles. The Morgan fingerprint density at radius 3 is 2.74 bits per heavy atom. The van der Waals surface area contributed by atoms with E-state index < -0.39 is 6.10 Å². The summed E-state index contributed by atoms with van der Waals surface area (Å²) < 4.78 is 0. The van der Waals surface area contributed by atoms with Gasteiger partial charge in [-0.2, -0.15) is 5.10 Å². The van der Waals surface area contributed by atoms with Crippen LogP contribution in [0.2, 0.25) is 5.15 Å². The fraction of sp³-hybridized carbons (Fsp3) is 0.444. The molecule has 0 spiro atoms. The summed E-state index contributed by atoms with van der Waals surface area (Å²) in [6.07, 6.45) is 8.24. The average Bonchev–Trinajstić information content (AvgIpc) is 3.51. The number of aromatic nitrogens is 3. The number of hydrogen-bond donors (Lipinski definition) is 3. The number of halogens is 1. The van der Waals surface area contributed by atoms with Crippen molar-refractivity contribution in [2.45, 2.75) is 69.7 Å². The lowest BCUT2D eigenvalue weighted by Gasteiger charge is -2.20. The molecule has 1 amide bonds. The quantitative estimate of drug-likeness (QED) is 0.432. The molecule has 184 valence electrons. The van der Waals surface area contributed by atoms with Crippen LogP contribution in [0, 0.1) is 0 Å². The summed E-state index contributed by atoms with van der Waals surface area (Å²) in [5.41, 5.74) is 6.15. The highest BCUT2D eigenvalue weighted by Crippen LogP contribution is 2.27. The van der Waals surface area contributed by atoms with Crippen molar-refractivity contribution in [1.29, 1.82) is 0 Å². The Bertz CT molecular complexity index is 1160. The van der Waals surface area contributed by atoms with Gasteiger partial charge in [0.2, 0.25) is 0 Å². The molecule has 7 nitrogen and oxygen atoms in total. The van der Waals surface area contributed by atoms with E-state index in [1.807, 2.05) is 37.4 Å². The van der Waals surface area contributed by atoms with Gasteiger partial charge in [0.25, 0.3) is 5.91 Å². The molecule has 8 heteroatoms. The molecule has 2 aromatic heterocycles. The van der Waals surface area contributed by atoms with Gasteiger partial charge >= 0.3 is 0 Å². The Morgan fingerprint density at radius 1 is 1.17 bits per heavy atom. The number of aryl methyl sites for hydroxylation is 1. The number of nitrogens with zero attached hydrogens (tertiary/aromatic N) is 3. The monoisotopic (exact) mass is 493 g/mol. The normalized spacial score (nSPS) is 20.4. The molecule has 3 atom stereocenters. The molecule has 1 saturated heterocycles. The fourth-order valence-electron chi connectivity index (χ4n) is 5.32. The number of H-pyrrole nitrogens is 1.